The lowest BCUT2D eigenvalue weighted by molar-refractivity contribution is 0.161. The molecule has 1 aromatic carbocycles. The number of sulfone groups is 1. The molecule has 0 saturated carbocycles. The van der Waals surface area contributed by atoms with E-state index in [2.05, 4.69) is 24.0 Å². The van der Waals surface area contributed by atoms with Crippen LogP contribution in [-0.4, -0.2) is 44.0 Å². The fourth-order valence-corrected chi connectivity index (χ4v) is 4.46. The fraction of sp³-hybridized carbons (Fsp3) is 0.571. The molecule has 19 heavy (non-hydrogen) atoms. The highest BCUT2D eigenvalue weighted by molar-refractivity contribution is 7.91. The second-order valence-corrected chi connectivity index (χ2v) is 7.54. The van der Waals surface area contributed by atoms with E-state index >= 15 is 0 Å². The molecule has 0 radical (unpaired) electrons. The van der Waals surface area contributed by atoms with Crippen molar-refractivity contribution in [2.24, 2.45) is 5.73 Å². The Morgan fingerprint density at radius 1 is 1.42 bits per heavy atom. The van der Waals surface area contributed by atoms with Crippen LogP contribution in [0.3, 0.4) is 0 Å². The summed E-state index contributed by atoms with van der Waals surface area (Å²) in [7, 11) is -2.88. The van der Waals surface area contributed by atoms with Gasteiger partial charge in [-0.3, -0.25) is 4.90 Å². The zero-order valence-electron chi connectivity index (χ0n) is 11.5. The largest absolute Gasteiger partial charge is 0.329 e. The number of benzene rings is 1. The van der Waals surface area contributed by atoms with Gasteiger partial charge in [0.2, 0.25) is 0 Å². The normalized spacial score (nSPS) is 25.1. The topological polar surface area (TPSA) is 63.4 Å². The summed E-state index contributed by atoms with van der Waals surface area (Å²) in [5, 5.41) is 0. The maximum atomic E-state index is 11.7. The van der Waals surface area contributed by atoms with Crippen molar-refractivity contribution in [3.05, 3.63) is 35.4 Å². The molecule has 2 atom stereocenters. The average Bonchev–Trinajstić information content (AvgIpc) is 2.34. The molecule has 1 saturated heterocycles. The Bertz CT molecular complexity index is 542. The summed E-state index contributed by atoms with van der Waals surface area (Å²) in [6, 6.07) is 8.30. The van der Waals surface area contributed by atoms with Crippen LogP contribution in [0.2, 0.25) is 0 Å². The highest BCUT2D eigenvalue weighted by Gasteiger charge is 2.33. The summed E-state index contributed by atoms with van der Waals surface area (Å²) >= 11 is 0. The molecule has 1 fully saturated rings. The Kier molecular flexibility index (Phi) is 4.28. The molecule has 1 heterocycles. The molecule has 2 unspecified atom stereocenters. The van der Waals surface area contributed by atoms with Crippen LogP contribution in [0.5, 0.6) is 0 Å². The monoisotopic (exact) mass is 282 g/mol. The van der Waals surface area contributed by atoms with Crippen molar-refractivity contribution in [2.75, 3.05) is 24.6 Å². The standard InChI is InChI=1S/C14H22N2O2S/c1-11-5-3-4-6-13(11)14(9-15)16-7-8-19(17,18)10-12(16)2/h3-6,12,14H,7-10,15H2,1-2H3. The van der Waals surface area contributed by atoms with Gasteiger partial charge in [0.25, 0.3) is 0 Å². The molecular formula is C14H22N2O2S. The zero-order valence-corrected chi connectivity index (χ0v) is 12.4. The first-order chi connectivity index (χ1) is 8.94. The summed E-state index contributed by atoms with van der Waals surface area (Å²) in [5.74, 6) is 0.467. The molecule has 106 valence electrons. The van der Waals surface area contributed by atoms with E-state index in [0.29, 0.717) is 13.1 Å². The Morgan fingerprint density at radius 2 is 2.11 bits per heavy atom. The lowest BCUT2D eigenvalue weighted by Gasteiger charge is -2.39. The lowest BCUT2D eigenvalue weighted by Crippen LogP contribution is -2.50. The molecule has 0 aliphatic carbocycles. The first kappa shape index (κ1) is 14.5. The number of aryl methyl sites for hydroxylation is 1. The third-order valence-corrected chi connectivity index (χ3v) is 5.69. The Balaban J connectivity index is 2.26. The van der Waals surface area contributed by atoms with E-state index < -0.39 is 9.84 Å². The molecule has 1 aliphatic heterocycles. The number of nitrogens with zero attached hydrogens (tertiary/aromatic N) is 1. The smallest absolute Gasteiger partial charge is 0.153 e. The van der Waals surface area contributed by atoms with E-state index in [1.54, 1.807) is 0 Å². The van der Waals surface area contributed by atoms with Crippen LogP contribution in [0.15, 0.2) is 24.3 Å². The van der Waals surface area contributed by atoms with Gasteiger partial charge in [-0.1, -0.05) is 24.3 Å². The quantitative estimate of drug-likeness (QED) is 0.902. The summed E-state index contributed by atoms with van der Waals surface area (Å²) in [4.78, 5) is 2.23. The van der Waals surface area contributed by atoms with Gasteiger partial charge < -0.3 is 5.73 Å². The molecule has 0 spiro atoms. The summed E-state index contributed by atoms with van der Waals surface area (Å²) in [6.45, 7) is 5.12. The van der Waals surface area contributed by atoms with Gasteiger partial charge >= 0.3 is 0 Å². The van der Waals surface area contributed by atoms with Gasteiger partial charge in [-0.2, -0.15) is 0 Å². The van der Waals surface area contributed by atoms with E-state index in [1.165, 1.54) is 11.1 Å². The van der Waals surface area contributed by atoms with Gasteiger partial charge in [0, 0.05) is 25.2 Å². The summed E-state index contributed by atoms with van der Waals surface area (Å²) in [5.41, 5.74) is 8.36. The molecule has 1 aliphatic rings. The molecule has 0 bridgehead atoms. The molecule has 0 aromatic heterocycles. The van der Waals surface area contributed by atoms with Crippen LogP contribution < -0.4 is 5.73 Å². The predicted molar refractivity (Wildman–Crippen MR) is 77.8 cm³/mol. The van der Waals surface area contributed by atoms with E-state index in [1.807, 2.05) is 19.1 Å². The third kappa shape index (κ3) is 3.16. The SMILES string of the molecule is Cc1ccccc1C(CN)N1CCS(=O)(=O)CC1C. The number of rotatable bonds is 3. The molecule has 2 rings (SSSR count). The lowest BCUT2D eigenvalue weighted by atomic mass is 9.99. The van der Waals surface area contributed by atoms with Gasteiger partial charge in [0.1, 0.15) is 0 Å². The minimum absolute atomic E-state index is 0.0203. The highest BCUT2D eigenvalue weighted by Crippen LogP contribution is 2.27. The van der Waals surface area contributed by atoms with Crippen molar-refractivity contribution >= 4 is 9.84 Å². The van der Waals surface area contributed by atoms with Crippen LogP contribution in [0, 0.1) is 6.92 Å². The van der Waals surface area contributed by atoms with Crippen molar-refractivity contribution in [2.45, 2.75) is 25.9 Å². The van der Waals surface area contributed by atoms with Gasteiger partial charge in [-0.25, -0.2) is 8.42 Å². The second kappa shape index (κ2) is 5.61. The summed E-state index contributed by atoms with van der Waals surface area (Å²) in [6.07, 6.45) is 0. The minimum atomic E-state index is -2.88. The van der Waals surface area contributed by atoms with E-state index in [4.69, 9.17) is 5.73 Å². The molecular weight excluding hydrogens is 260 g/mol. The Labute approximate surface area is 115 Å². The fourth-order valence-electron chi connectivity index (χ4n) is 2.88. The van der Waals surface area contributed by atoms with Crippen LogP contribution in [-0.2, 0) is 9.84 Å². The van der Waals surface area contributed by atoms with Crippen LogP contribution in [0.1, 0.15) is 24.1 Å². The Hall–Kier alpha value is -0.910. The van der Waals surface area contributed by atoms with E-state index in [9.17, 15) is 8.42 Å². The van der Waals surface area contributed by atoms with E-state index in [-0.39, 0.29) is 23.6 Å². The number of nitrogens with two attached hydrogens (primary N) is 1. The van der Waals surface area contributed by atoms with Crippen molar-refractivity contribution in [3.63, 3.8) is 0 Å². The van der Waals surface area contributed by atoms with Crippen molar-refractivity contribution in [3.8, 4) is 0 Å². The van der Waals surface area contributed by atoms with E-state index in [0.717, 1.165) is 0 Å². The molecule has 5 heteroatoms. The average molecular weight is 282 g/mol. The molecule has 4 nitrogen and oxygen atoms in total. The van der Waals surface area contributed by atoms with Gasteiger partial charge in [0.15, 0.2) is 9.84 Å². The van der Waals surface area contributed by atoms with Crippen molar-refractivity contribution in [1.29, 1.82) is 0 Å². The highest BCUT2D eigenvalue weighted by atomic mass is 32.2. The van der Waals surface area contributed by atoms with Crippen molar-refractivity contribution in [1.82, 2.24) is 4.90 Å². The summed E-state index contributed by atoms with van der Waals surface area (Å²) < 4.78 is 23.3. The first-order valence-electron chi connectivity index (χ1n) is 6.66. The number of hydrogen-bond acceptors (Lipinski definition) is 4. The first-order valence-corrected chi connectivity index (χ1v) is 8.48. The van der Waals surface area contributed by atoms with Gasteiger partial charge in [-0.15, -0.1) is 0 Å². The third-order valence-electron chi connectivity index (χ3n) is 3.89. The van der Waals surface area contributed by atoms with Crippen LogP contribution in [0.25, 0.3) is 0 Å². The molecule has 2 N–H and O–H groups in total. The number of hydrogen-bond donors (Lipinski definition) is 1. The van der Waals surface area contributed by atoms with Crippen molar-refractivity contribution < 1.29 is 8.42 Å². The molecule has 1 aromatic rings. The van der Waals surface area contributed by atoms with Gasteiger partial charge in [-0.05, 0) is 25.0 Å². The predicted octanol–water partition coefficient (Wildman–Crippen LogP) is 1.11. The maximum absolute atomic E-state index is 11.7. The minimum Gasteiger partial charge on any atom is -0.329 e. The maximum Gasteiger partial charge on any atom is 0.153 e. The zero-order chi connectivity index (χ0) is 14.0. The van der Waals surface area contributed by atoms with Gasteiger partial charge in [0.05, 0.1) is 11.5 Å². The molecule has 0 amide bonds. The second-order valence-electron chi connectivity index (χ2n) is 5.31. The Morgan fingerprint density at radius 3 is 2.68 bits per heavy atom. The van der Waals surface area contributed by atoms with Crippen LogP contribution in [0.4, 0.5) is 0 Å². The van der Waals surface area contributed by atoms with Crippen LogP contribution >= 0.6 is 0 Å².